The number of amides is 3. The van der Waals surface area contributed by atoms with Crippen LogP contribution in [0.15, 0.2) is 0 Å². The van der Waals surface area contributed by atoms with Gasteiger partial charge in [0, 0.05) is 32.7 Å². The van der Waals surface area contributed by atoms with E-state index in [-0.39, 0.29) is 12.1 Å². The highest BCUT2D eigenvalue weighted by Crippen LogP contribution is 2.22. The van der Waals surface area contributed by atoms with Gasteiger partial charge in [-0.05, 0) is 52.4 Å². The first-order valence-electron chi connectivity index (χ1n) is 8.24. The molecule has 1 saturated carbocycles. The summed E-state index contributed by atoms with van der Waals surface area (Å²) < 4.78 is 5.37. The van der Waals surface area contributed by atoms with Crippen molar-refractivity contribution in [2.75, 3.05) is 26.7 Å². The Balaban J connectivity index is 1.78. The summed E-state index contributed by atoms with van der Waals surface area (Å²) in [6.45, 7) is 7.74. The van der Waals surface area contributed by atoms with Gasteiger partial charge in [-0.1, -0.05) is 0 Å². The van der Waals surface area contributed by atoms with Crippen LogP contribution in [0, 0.1) is 5.92 Å². The zero-order valence-corrected chi connectivity index (χ0v) is 14.2. The lowest BCUT2D eigenvalue weighted by Gasteiger charge is -2.35. The molecule has 1 aliphatic carbocycles. The first-order chi connectivity index (χ1) is 10.2. The minimum absolute atomic E-state index is 0.0483. The molecule has 6 nitrogen and oxygen atoms in total. The molecule has 0 radical (unpaired) electrons. The summed E-state index contributed by atoms with van der Waals surface area (Å²) in [5.41, 5.74) is -0.478. The van der Waals surface area contributed by atoms with Crippen molar-refractivity contribution in [3.8, 4) is 0 Å². The number of likely N-dealkylation sites (tertiary alicyclic amines) is 1. The van der Waals surface area contributed by atoms with E-state index >= 15 is 0 Å². The topological polar surface area (TPSA) is 61.9 Å². The van der Waals surface area contributed by atoms with Crippen molar-refractivity contribution >= 4 is 12.1 Å². The number of piperidine rings is 1. The summed E-state index contributed by atoms with van der Waals surface area (Å²) in [7, 11) is 1.76. The summed E-state index contributed by atoms with van der Waals surface area (Å²) in [5, 5.41) is 3.03. The second kappa shape index (κ2) is 6.75. The molecule has 2 fully saturated rings. The molecule has 1 heterocycles. The SMILES string of the molecule is CN(C[C@H]1CCCN(C(=O)NC2CC2)C1)C(=O)OC(C)(C)C. The van der Waals surface area contributed by atoms with Crippen LogP contribution in [0.25, 0.3) is 0 Å². The molecular weight excluding hydrogens is 282 g/mol. The van der Waals surface area contributed by atoms with Gasteiger partial charge in [0.1, 0.15) is 5.60 Å². The van der Waals surface area contributed by atoms with Gasteiger partial charge in [-0.3, -0.25) is 0 Å². The fourth-order valence-electron chi connectivity index (χ4n) is 2.69. The smallest absolute Gasteiger partial charge is 0.410 e. The van der Waals surface area contributed by atoms with Crippen molar-refractivity contribution in [1.29, 1.82) is 0 Å². The van der Waals surface area contributed by atoms with E-state index in [9.17, 15) is 9.59 Å². The number of urea groups is 1. The van der Waals surface area contributed by atoms with Crippen LogP contribution in [0.2, 0.25) is 0 Å². The van der Waals surface area contributed by atoms with Crippen LogP contribution in [0.3, 0.4) is 0 Å². The molecule has 0 aromatic carbocycles. The van der Waals surface area contributed by atoms with Crippen LogP contribution in [-0.4, -0.2) is 60.2 Å². The Morgan fingerprint density at radius 3 is 2.55 bits per heavy atom. The van der Waals surface area contributed by atoms with Gasteiger partial charge < -0.3 is 19.9 Å². The Kier molecular flexibility index (Phi) is 5.19. The van der Waals surface area contributed by atoms with Crippen molar-refractivity contribution in [1.82, 2.24) is 15.1 Å². The minimum atomic E-state index is -0.478. The Morgan fingerprint density at radius 1 is 1.27 bits per heavy atom. The quantitative estimate of drug-likeness (QED) is 0.871. The number of carbonyl (C=O) groups excluding carboxylic acids is 2. The molecule has 6 heteroatoms. The zero-order valence-electron chi connectivity index (χ0n) is 14.2. The fraction of sp³-hybridized carbons (Fsp3) is 0.875. The number of ether oxygens (including phenoxy) is 1. The number of hydrogen-bond acceptors (Lipinski definition) is 3. The summed E-state index contributed by atoms with van der Waals surface area (Å²) >= 11 is 0. The maximum atomic E-state index is 12.1. The molecular formula is C16H29N3O3. The molecule has 0 aromatic rings. The van der Waals surface area contributed by atoms with E-state index in [1.807, 2.05) is 25.7 Å². The van der Waals surface area contributed by atoms with Crippen molar-refractivity contribution in [2.45, 2.75) is 58.1 Å². The summed E-state index contributed by atoms with van der Waals surface area (Å²) in [4.78, 5) is 27.6. The number of nitrogens with one attached hydrogen (secondary N) is 1. The second-order valence-corrected chi connectivity index (χ2v) is 7.54. The monoisotopic (exact) mass is 311 g/mol. The van der Waals surface area contributed by atoms with Crippen molar-refractivity contribution < 1.29 is 14.3 Å². The average molecular weight is 311 g/mol. The lowest BCUT2D eigenvalue weighted by molar-refractivity contribution is 0.0252. The normalized spacial score (nSPS) is 22.2. The molecule has 1 aliphatic heterocycles. The Bertz CT molecular complexity index is 415. The van der Waals surface area contributed by atoms with E-state index in [1.165, 1.54) is 0 Å². The van der Waals surface area contributed by atoms with E-state index in [2.05, 4.69) is 5.32 Å². The zero-order chi connectivity index (χ0) is 16.3. The molecule has 3 amide bonds. The highest BCUT2D eigenvalue weighted by atomic mass is 16.6. The Labute approximate surface area is 133 Å². The summed E-state index contributed by atoms with van der Waals surface area (Å²) in [5.74, 6) is 0.316. The highest BCUT2D eigenvalue weighted by molar-refractivity contribution is 5.75. The van der Waals surface area contributed by atoms with Crippen LogP contribution in [-0.2, 0) is 4.74 Å². The number of carbonyl (C=O) groups is 2. The van der Waals surface area contributed by atoms with E-state index in [4.69, 9.17) is 4.74 Å². The number of nitrogens with zero attached hydrogens (tertiary/aromatic N) is 2. The Hall–Kier alpha value is -1.46. The van der Waals surface area contributed by atoms with E-state index < -0.39 is 5.60 Å². The van der Waals surface area contributed by atoms with Gasteiger partial charge in [-0.2, -0.15) is 0 Å². The number of rotatable bonds is 3. The molecule has 2 rings (SSSR count). The summed E-state index contributed by atoms with van der Waals surface area (Å²) in [6, 6.07) is 0.435. The van der Waals surface area contributed by atoms with Crippen molar-refractivity contribution in [2.24, 2.45) is 5.92 Å². The van der Waals surface area contributed by atoms with Crippen molar-refractivity contribution in [3.63, 3.8) is 0 Å². The molecule has 0 aromatic heterocycles. The van der Waals surface area contributed by atoms with Crippen LogP contribution in [0.5, 0.6) is 0 Å². The third-order valence-corrected chi connectivity index (χ3v) is 3.95. The van der Waals surface area contributed by atoms with Crippen LogP contribution in [0.4, 0.5) is 9.59 Å². The minimum Gasteiger partial charge on any atom is -0.444 e. The van der Waals surface area contributed by atoms with E-state index in [1.54, 1.807) is 11.9 Å². The first-order valence-corrected chi connectivity index (χ1v) is 8.24. The Morgan fingerprint density at radius 2 is 1.95 bits per heavy atom. The predicted octanol–water partition coefficient (Wildman–Crippen LogP) is 2.44. The van der Waals surface area contributed by atoms with E-state index in [0.717, 1.165) is 32.2 Å². The molecule has 0 bridgehead atoms. The molecule has 0 unspecified atom stereocenters. The summed E-state index contributed by atoms with van der Waals surface area (Å²) in [6.07, 6.45) is 3.94. The predicted molar refractivity (Wildman–Crippen MR) is 84.7 cm³/mol. The fourth-order valence-corrected chi connectivity index (χ4v) is 2.69. The lowest BCUT2D eigenvalue weighted by Crippen LogP contribution is -2.48. The van der Waals surface area contributed by atoms with Gasteiger partial charge in [-0.15, -0.1) is 0 Å². The maximum absolute atomic E-state index is 12.1. The molecule has 0 spiro atoms. The standard InChI is InChI=1S/C16H29N3O3/c1-16(2,3)22-15(21)18(4)10-12-6-5-9-19(11-12)14(20)17-13-7-8-13/h12-13H,5-11H2,1-4H3,(H,17,20)/t12-/m1/s1. The number of hydrogen-bond donors (Lipinski definition) is 1. The van der Waals surface area contributed by atoms with Gasteiger partial charge in [0.25, 0.3) is 0 Å². The van der Waals surface area contributed by atoms with Crippen LogP contribution in [0.1, 0.15) is 46.5 Å². The van der Waals surface area contributed by atoms with E-state index in [0.29, 0.717) is 25.0 Å². The lowest BCUT2D eigenvalue weighted by atomic mass is 9.98. The first kappa shape index (κ1) is 16.9. The van der Waals surface area contributed by atoms with Crippen LogP contribution >= 0.6 is 0 Å². The van der Waals surface area contributed by atoms with Crippen LogP contribution < -0.4 is 5.32 Å². The third kappa shape index (κ3) is 5.39. The van der Waals surface area contributed by atoms with Crippen molar-refractivity contribution in [3.05, 3.63) is 0 Å². The largest absolute Gasteiger partial charge is 0.444 e. The van der Waals surface area contributed by atoms with Gasteiger partial charge >= 0.3 is 12.1 Å². The molecule has 1 saturated heterocycles. The van der Waals surface area contributed by atoms with Gasteiger partial charge in [0.2, 0.25) is 0 Å². The molecule has 1 N–H and O–H groups in total. The molecule has 2 aliphatic rings. The maximum Gasteiger partial charge on any atom is 0.410 e. The highest BCUT2D eigenvalue weighted by Gasteiger charge is 2.30. The molecule has 126 valence electrons. The molecule has 22 heavy (non-hydrogen) atoms. The third-order valence-electron chi connectivity index (χ3n) is 3.95. The van der Waals surface area contributed by atoms with Gasteiger partial charge in [-0.25, -0.2) is 9.59 Å². The second-order valence-electron chi connectivity index (χ2n) is 7.54. The molecule has 1 atom stereocenters. The average Bonchev–Trinajstić information content (AvgIpc) is 3.21. The van der Waals surface area contributed by atoms with Gasteiger partial charge in [0.15, 0.2) is 0 Å². The van der Waals surface area contributed by atoms with Gasteiger partial charge in [0.05, 0.1) is 0 Å².